The average molecular weight is 426 g/mol. The van der Waals surface area contributed by atoms with Gasteiger partial charge in [-0.3, -0.25) is 0 Å². The van der Waals surface area contributed by atoms with Gasteiger partial charge in [0, 0.05) is 5.56 Å². The second-order valence-electron chi connectivity index (χ2n) is 7.32. The zero-order valence-electron chi connectivity index (χ0n) is 16.1. The molecule has 3 rings (SSSR count). The van der Waals surface area contributed by atoms with Gasteiger partial charge >= 0.3 is 5.97 Å². The van der Waals surface area contributed by atoms with Crippen LogP contribution in [0.1, 0.15) is 18.4 Å². The molecule has 0 unspecified atom stereocenters. The maximum Gasteiger partial charge on any atom is 0.345 e. The maximum absolute atomic E-state index is 12.3. The van der Waals surface area contributed by atoms with Crippen LogP contribution in [0.4, 0.5) is 0 Å². The van der Waals surface area contributed by atoms with Crippen molar-refractivity contribution in [1.82, 2.24) is 0 Å². The number of esters is 1. The van der Waals surface area contributed by atoms with E-state index < -0.39 is 55.0 Å². The third-order valence-electron chi connectivity index (χ3n) is 5.24. The number of hydrogen-bond donors (Lipinski definition) is 6. The van der Waals surface area contributed by atoms with Crippen molar-refractivity contribution < 1.29 is 49.6 Å². The van der Waals surface area contributed by atoms with Crippen LogP contribution in [-0.2, 0) is 20.9 Å². The van der Waals surface area contributed by atoms with E-state index in [1.165, 1.54) is 12.1 Å². The average Bonchev–Trinajstić information content (AvgIpc) is 2.75. The zero-order valence-corrected chi connectivity index (χ0v) is 16.1. The lowest BCUT2D eigenvalue weighted by molar-refractivity contribution is -0.277. The van der Waals surface area contributed by atoms with Crippen LogP contribution in [0.2, 0.25) is 0 Å². The number of ether oxygens (including phenoxy) is 3. The van der Waals surface area contributed by atoms with E-state index in [9.17, 15) is 35.4 Å². The molecule has 1 aliphatic carbocycles. The van der Waals surface area contributed by atoms with E-state index in [1.807, 2.05) is 0 Å². The fourth-order valence-electron chi connectivity index (χ4n) is 3.34. The van der Waals surface area contributed by atoms with Crippen molar-refractivity contribution in [3.63, 3.8) is 0 Å². The first-order valence-electron chi connectivity index (χ1n) is 9.58. The zero-order chi connectivity index (χ0) is 21.9. The molecule has 166 valence electrons. The third-order valence-corrected chi connectivity index (χ3v) is 5.24. The number of benzene rings is 1. The Balaban J connectivity index is 1.70. The van der Waals surface area contributed by atoms with Gasteiger partial charge in [-0.1, -0.05) is 24.3 Å². The van der Waals surface area contributed by atoms with Crippen molar-refractivity contribution in [2.24, 2.45) is 0 Å². The van der Waals surface area contributed by atoms with Gasteiger partial charge in [-0.25, -0.2) is 4.79 Å². The molecule has 10 nitrogen and oxygen atoms in total. The lowest BCUT2D eigenvalue weighted by atomic mass is 9.88. The van der Waals surface area contributed by atoms with Gasteiger partial charge in [-0.05, 0) is 25.0 Å². The molecule has 1 fully saturated rings. The van der Waals surface area contributed by atoms with Crippen LogP contribution in [0.3, 0.4) is 0 Å². The van der Waals surface area contributed by atoms with Gasteiger partial charge in [0.25, 0.3) is 0 Å². The summed E-state index contributed by atoms with van der Waals surface area (Å²) in [5.74, 6) is -0.866. The van der Waals surface area contributed by atoms with E-state index >= 15 is 0 Å². The smallest absolute Gasteiger partial charge is 0.345 e. The second kappa shape index (κ2) is 9.40. The highest BCUT2D eigenvalue weighted by molar-refractivity contribution is 5.83. The summed E-state index contributed by atoms with van der Waals surface area (Å²) < 4.78 is 16.1. The Bertz CT molecular complexity index is 766. The molecule has 1 heterocycles. The van der Waals surface area contributed by atoms with E-state index in [0.29, 0.717) is 12.0 Å². The third kappa shape index (κ3) is 4.49. The maximum atomic E-state index is 12.3. The molecule has 1 aromatic rings. The minimum Gasteiger partial charge on any atom is -0.462 e. The van der Waals surface area contributed by atoms with Crippen molar-refractivity contribution in [3.8, 4) is 5.75 Å². The first kappa shape index (κ1) is 22.6. The van der Waals surface area contributed by atoms with Gasteiger partial charge in [0.2, 0.25) is 11.9 Å². The summed E-state index contributed by atoms with van der Waals surface area (Å²) in [7, 11) is 0. The molecule has 7 atom stereocenters. The van der Waals surface area contributed by atoms with Gasteiger partial charge in [0.05, 0.1) is 12.7 Å². The molecule has 0 radical (unpaired) electrons. The number of carbonyl (C=O) groups is 1. The SMILES string of the molecule is O=C(OCc1ccccc1O[C@H]1O[C@H](CO)[C@@H](O)[C@H](O)[C@H]1O)[C@]1(O)C=CCC[C@@H]1O. The minimum absolute atomic E-state index is 0.154. The number of rotatable bonds is 6. The summed E-state index contributed by atoms with van der Waals surface area (Å²) in [5.41, 5.74) is -1.77. The van der Waals surface area contributed by atoms with Crippen LogP contribution < -0.4 is 4.74 Å². The molecule has 0 aromatic heterocycles. The summed E-state index contributed by atoms with van der Waals surface area (Å²) >= 11 is 0. The van der Waals surface area contributed by atoms with E-state index in [4.69, 9.17) is 14.2 Å². The molecule has 6 N–H and O–H groups in total. The number of carbonyl (C=O) groups excluding carboxylic acids is 1. The van der Waals surface area contributed by atoms with Crippen LogP contribution in [-0.4, -0.2) is 85.6 Å². The summed E-state index contributed by atoms with van der Waals surface area (Å²) in [4.78, 5) is 12.3. The highest BCUT2D eigenvalue weighted by Gasteiger charge is 2.45. The Hall–Kier alpha value is -2.05. The molecular weight excluding hydrogens is 400 g/mol. The van der Waals surface area contributed by atoms with E-state index in [1.54, 1.807) is 24.3 Å². The lowest BCUT2D eigenvalue weighted by Gasteiger charge is -2.39. The lowest BCUT2D eigenvalue weighted by Crippen LogP contribution is -2.60. The summed E-state index contributed by atoms with van der Waals surface area (Å²) in [6.07, 6.45) is -4.97. The fraction of sp³-hybridized carbons (Fsp3) is 0.550. The van der Waals surface area contributed by atoms with Crippen molar-refractivity contribution in [3.05, 3.63) is 42.0 Å². The summed E-state index contributed by atoms with van der Waals surface area (Å²) in [5, 5.41) is 59.5. The van der Waals surface area contributed by atoms with E-state index in [-0.39, 0.29) is 18.8 Å². The number of allylic oxidation sites excluding steroid dienone is 1. The number of para-hydroxylation sites is 1. The van der Waals surface area contributed by atoms with Crippen LogP contribution in [0, 0.1) is 0 Å². The predicted molar refractivity (Wildman–Crippen MR) is 100.0 cm³/mol. The quantitative estimate of drug-likeness (QED) is 0.229. The molecule has 10 heteroatoms. The Labute approximate surface area is 172 Å². The second-order valence-corrected chi connectivity index (χ2v) is 7.32. The largest absolute Gasteiger partial charge is 0.462 e. The molecule has 30 heavy (non-hydrogen) atoms. The Kier molecular flexibility index (Phi) is 7.09. The van der Waals surface area contributed by atoms with Crippen molar-refractivity contribution in [2.75, 3.05) is 6.61 Å². The normalized spacial score (nSPS) is 36.3. The topological polar surface area (TPSA) is 166 Å². The van der Waals surface area contributed by atoms with Gasteiger partial charge in [-0.15, -0.1) is 0 Å². The summed E-state index contributed by atoms with van der Waals surface area (Å²) in [6.45, 7) is -0.909. The first-order chi connectivity index (χ1) is 14.3. The van der Waals surface area contributed by atoms with E-state index in [2.05, 4.69) is 0 Å². The Morgan fingerprint density at radius 2 is 1.87 bits per heavy atom. The van der Waals surface area contributed by atoms with Crippen molar-refractivity contribution in [2.45, 2.75) is 61.9 Å². The molecule has 0 amide bonds. The monoisotopic (exact) mass is 426 g/mol. The van der Waals surface area contributed by atoms with Gasteiger partial charge in [0.1, 0.15) is 36.8 Å². The molecular formula is C20H26O10. The molecule has 2 aliphatic rings. The van der Waals surface area contributed by atoms with Gasteiger partial charge < -0.3 is 44.8 Å². The number of aliphatic hydroxyl groups excluding tert-OH is 5. The number of hydrogen-bond acceptors (Lipinski definition) is 10. The molecule has 0 spiro atoms. The van der Waals surface area contributed by atoms with Crippen molar-refractivity contribution >= 4 is 5.97 Å². The Morgan fingerprint density at radius 1 is 1.13 bits per heavy atom. The molecule has 0 bridgehead atoms. The van der Waals surface area contributed by atoms with Gasteiger partial charge in [-0.2, -0.15) is 0 Å². The molecule has 0 saturated carbocycles. The number of aliphatic hydroxyl groups is 6. The Morgan fingerprint density at radius 3 is 2.57 bits per heavy atom. The fourth-order valence-corrected chi connectivity index (χ4v) is 3.34. The van der Waals surface area contributed by atoms with Crippen LogP contribution in [0.15, 0.2) is 36.4 Å². The highest BCUT2D eigenvalue weighted by atomic mass is 16.7. The predicted octanol–water partition coefficient (Wildman–Crippen LogP) is -1.65. The van der Waals surface area contributed by atoms with Gasteiger partial charge in [0.15, 0.2) is 0 Å². The molecule has 1 saturated heterocycles. The van der Waals surface area contributed by atoms with Crippen LogP contribution >= 0.6 is 0 Å². The molecule has 1 aliphatic heterocycles. The van der Waals surface area contributed by atoms with Crippen molar-refractivity contribution in [1.29, 1.82) is 0 Å². The standard InChI is InChI=1S/C20H26O10/c21-9-13-15(23)16(24)17(25)18(30-13)29-12-6-2-1-5-11(12)10-28-19(26)20(27)8-4-3-7-14(20)22/h1-2,4-6,8,13-18,21-25,27H,3,7,9-10H2/t13-,14+,15-,16+,17-,18+,20+/m1/s1. The van der Waals surface area contributed by atoms with E-state index in [0.717, 1.165) is 0 Å². The molecule has 1 aromatic carbocycles. The van der Waals surface area contributed by atoms with Crippen LogP contribution in [0.5, 0.6) is 5.75 Å². The van der Waals surface area contributed by atoms with Crippen LogP contribution in [0.25, 0.3) is 0 Å². The first-order valence-corrected chi connectivity index (χ1v) is 9.58. The minimum atomic E-state index is -2.13. The summed E-state index contributed by atoms with van der Waals surface area (Å²) in [6, 6.07) is 6.34. The highest BCUT2D eigenvalue weighted by Crippen LogP contribution is 2.28.